The number of nitrogens with one attached hydrogen (secondary N) is 1. The van der Waals surface area contributed by atoms with Crippen LogP contribution in [-0.4, -0.2) is 44.8 Å². The molecule has 1 N–H and O–H groups in total. The number of nitrogens with zero attached hydrogens (tertiary/aromatic N) is 2. The number of thiophene rings is 1. The largest absolute Gasteiger partial charge is 0.368 e. The van der Waals surface area contributed by atoms with Crippen LogP contribution in [-0.2, 0) is 16.4 Å². The van der Waals surface area contributed by atoms with Crippen LogP contribution < -0.4 is 10.2 Å². The molecule has 0 radical (unpaired) electrons. The number of benzene rings is 2. The van der Waals surface area contributed by atoms with Gasteiger partial charge in [-0.1, -0.05) is 42.8 Å². The molecule has 6 nitrogen and oxygen atoms in total. The van der Waals surface area contributed by atoms with E-state index in [2.05, 4.69) is 17.1 Å². The van der Waals surface area contributed by atoms with Gasteiger partial charge in [0.15, 0.2) is 0 Å². The van der Waals surface area contributed by atoms with E-state index in [-0.39, 0.29) is 9.77 Å². The van der Waals surface area contributed by atoms with Crippen LogP contribution in [0.25, 0.3) is 0 Å². The number of halogens is 1. The lowest BCUT2D eigenvalue weighted by atomic mass is 10.1. The summed E-state index contributed by atoms with van der Waals surface area (Å²) in [4.78, 5) is 15.2. The molecule has 2 aromatic carbocycles. The molecule has 0 saturated carbocycles. The van der Waals surface area contributed by atoms with Crippen LogP contribution in [0.15, 0.2) is 64.9 Å². The van der Waals surface area contributed by atoms with Gasteiger partial charge in [-0.15, -0.1) is 11.3 Å². The van der Waals surface area contributed by atoms with E-state index < -0.39 is 15.9 Å². The Morgan fingerprint density at radius 2 is 1.72 bits per heavy atom. The Bertz CT molecular complexity index is 1200. The number of carbonyl (C=O) groups is 1. The van der Waals surface area contributed by atoms with Crippen molar-refractivity contribution in [2.45, 2.75) is 18.2 Å². The SMILES string of the molecule is CCc1ccc(NC(=O)c2sccc2S(=O)(=O)N2CCN(c3ccccc3Cl)CC2)cc1. The first-order valence-corrected chi connectivity index (χ1v) is 13.1. The Balaban J connectivity index is 1.47. The van der Waals surface area contributed by atoms with Crippen molar-refractivity contribution in [3.8, 4) is 0 Å². The highest BCUT2D eigenvalue weighted by atomic mass is 35.5. The number of hydrogen-bond acceptors (Lipinski definition) is 5. The standard InChI is InChI=1S/C23H24ClN3O3S2/c1-2-17-7-9-18(10-8-17)25-23(28)22-21(11-16-31-22)32(29,30)27-14-12-26(13-15-27)20-6-4-3-5-19(20)24/h3-11,16H,2,12-15H2,1H3,(H,25,28). The molecule has 4 rings (SSSR count). The molecule has 1 aliphatic rings. The fourth-order valence-electron chi connectivity index (χ4n) is 3.69. The highest BCUT2D eigenvalue weighted by molar-refractivity contribution is 7.89. The van der Waals surface area contributed by atoms with E-state index in [1.807, 2.05) is 48.5 Å². The van der Waals surface area contributed by atoms with E-state index in [1.165, 1.54) is 15.9 Å². The van der Waals surface area contributed by atoms with Crippen LogP contribution in [0.3, 0.4) is 0 Å². The van der Waals surface area contributed by atoms with Crippen molar-refractivity contribution < 1.29 is 13.2 Å². The zero-order valence-electron chi connectivity index (χ0n) is 17.6. The van der Waals surface area contributed by atoms with E-state index in [1.54, 1.807) is 5.38 Å². The van der Waals surface area contributed by atoms with Crippen LogP contribution in [0, 0.1) is 0 Å². The molecule has 3 aromatic rings. The molecule has 1 aliphatic heterocycles. The van der Waals surface area contributed by atoms with Crippen LogP contribution in [0.2, 0.25) is 5.02 Å². The third kappa shape index (κ3) is 4.68. The molecule has 0 bridgehead atoms. The lowest BCUT2D eigenvalue weighted by Gasteiger charge is -2.35. The number of amides is 1. The Hall–Kier alpha value is -2.39. The molecule has 0 spiro atoms. The lowest BCUT2D eigenvalue weighted by molar-refractivity contribution is 0.102. The molecule has 0 aliphatic carbocycles. The third-order valence-corrected chi connectivity index (χ3v) is 8.81. The molecule has 1 amide bonds. The van der Waals surface area contributed by atoms with Crippen molar-refractivity contribution >= 4 is 50.2 Å². The van der Waals surface area contributed by atoms with Crippen LogP contribution in [0.4, 0.5) is 11.4 Å². The van der Waals surface area contributed by atoms with Gasteiger partial charge in [0.2, 0.25) is 10.0 Å². The van der Waals surface area contributed by atoms with E-state index in [0.29, 0.717) is 36.9 Å². The van der Waals surface area contributed by atoms with Gasteiger partial charge in [0, 0.05) is 31.9 Å². The minimum atomic E-state index is -3.79. The van der Waals surface area contributed by atoms with Crippen LogP contribution in [0.1, 0.15) is 22.2 Å². The Kier molecular flexibility index (Phi) is 6.85. The van der Waals surface area contributed by atoms with Gasteiger partial charge in [-0.3, -0.25) is 4.79 Å². The molecule has 9 heteroatoms. The summed E-state index contributed by atoms with van der Waals surface area (Å²) in [7, 11) is -3.79. The van der Waals surface area contributed by atoms with E-state index in [4.69, 9.17) is 11.6 Å². The molecule has 2 heterocycles. The van der Waals surface area contributed by atoms with Crippen molar-refractivity contribution in [2.75, 3.05) is 36.4 Å². The van der Waals surface area contributed by atoms with Gasteiger partial charge in [0.1, 0.15) is 9.77 Å². The fourth-order valence-corrected chi connectivity index (χ4v) is 6.67. The quantitative estimate of drug-likeness (QED) is 0.543. The summed E-state index contributed by atoms with van der Waals surface area (Å²) in [5.41, 5.74) is 2.70. The maximum atomic E-state index is 13.3. The Morgan fingerprint density at radius 3 is 2.38 bits per heavy atom. The van der Waals surface area contributed by atoms with Crippen molar-refractivity contribution in [3.05, 3.63) is 75.4 Å². The van der Waals surface area contributed by atoms with Crippen molar-refractivity contribution in [1.82, 2.24) is 4.31 Å². The zero-order valence-corrected chi connectivity index (χ0v) is 20.0. The van der Waals surface area contributed by atoms with Crippen LogP contribution in [0.5, 0.6) is 0 Å². The highest BCUT2D eigenvalue weighted by Crippen LogP contribution is 2.30. The van der Waals surface area contributed by atoms with E-state index in [9.17, 15) is 13.2 Å². The number of rotatable bonds is 6. The van der Waals surface area contributed by atoms with Crippen molar-refractivity contribution in [2.24, 2.45) is 0 Å². The highest BCUT2D eigenvalue weighted by Gasteiger charge is 2.33. The zero-order chi connectivity index (χ0) is 22.7. The minimum absolute atomic E-state index is 0.0522. The number of piperazine rings is 1. The molecule has 32 heavy (non-hydrogen) atoms. The lowest BCUT2D eigenvalue weighted by Crippen LogP contribution is -2.48. The number of aryl methyl sites for hydroxylation is 1. The molecule has 1 saturated heterocycles. The maximum Gasteiger partial charge on any atom is 0.267 e. The van der Waals surface area contributed by atoms with Gasteiger partial charge in [-0.05, 0) is 47.7 Å². The molecule has 1 fully saturated rings. The summed E-state index contributed by atoms with van der Waals surface area (Å²) < 4.78 is 28.1. The monoisotopic (exact) mass is 489 g/mol. The molecule has 0 atom stereocenters. The predicted octanol–water partition coefficient (Wildman–Crippen LogP) is 4.73. The maximum absolute atomic E-state index is 13.3. The van der Waals surface area contributed by atoms with Gasteiger partial charge in [0.05, 0.1) is 10.7 Å². The van der Waals surface area contributed by atoms with Gasteiger partial charge in [-0.2, -0.15) is 4.31 Å². The molecule has 0 unspecified atom stereocenters. The number of para-hydroxylation sites is 1. The molecule has 1 aromatic heterocycles. The van der Waals surface area contributed by atoms with Crippen LogP contribution >= 0.6 is 22.9 Å². The Labute approximate surface area is 197 Å². The second-order valence-electron chi connectivity index (χ2n) is 7.46. The minimum Gasteiger partial charge on any atom is -0.368 e. The number of hydrogen-bond donors (Lipinski definition) is 1. The number of sulfonamides is 1. The van der Waals surface area contributed by atoms with Crippen molar-refractivity contribution in [3.63, 3.8) is 0 Å². The molecular weight excluding hydrogens is 466 g/mol. The summed E-state index contributed by atoms with van der Waals surface area (Å²) in [6.45, 7) is 3.76. The van der Waals surface area contributed by atoms with Gasteiger partial charge in [-0.25, -0.2) is 8.42 Å². The smallest absolute Gasteiger partial charge is 0.267 e. The normalized spacial score (nSPS) is 15.0. The number of carbonyl (C=O) groups excluding carboxylic acids is 1. The first-order chi connectivity index (χ1) is 15.4. The summed E-state index contributed by atoms with van der Waals surface area (Å²) in [5, 5.41) is 5.10. The fraction of sp³-hybridized carbons (Fsp3) is 0.261. The van der Waals surface area contributed by atoms with Crippen molar-refractivity contribution in [1.29, 1.82) is 0 Å². The first-order valence-electron chi connectivity index (χ1n) is 10.4. The van der Waals surface area contributed by atoms with E-state index >= 15 is 0 Å². The summed E-state index contributed by atoms with van der Waals surface area (Å²) in [5.74, 6) is -0.419. The average molecular weight is 490 g/mol. The van der Waals surface area contributed by atoms with Gasteiger partial charge in [0.25, 0.3) is 5.91 Å². The first kappa shape index (κ1) is 22.8. The molecule has 168 valence electrons. The van der Waals surface area contributed by atoms with Gasteiger partial charge >= 0.3 is 0 Å². The summed E-state index contributed by atoms with van der Waals surface area (Å²) >= 11 is 7.42. The summed E-state index contributed by atoms with van der Waals surface area (Å²) in [6.07, 6.45) is 0.908. The Morgan fingerprint density at radius 1 is 1.03 bits per heavy atom. The second-order valence-corrected chi connectivity index (χ2v) is 10.7. The van der Waals surface area contributed by atoms with E-state index in [0.717, 1.165) is 23.4 Å². The second kappa shape index (κ2) is 9.62. The topological polar surface area (TPSA) is 69.7 Å². The van der Waals surface area contributed by atoms with Gasteiger partial charge < -0.3 is 10.2 Å². The summed E-state index contributed by atoms with van der Waals surface area (Å²) in [6, 6.07) is 16.6. The predicted molar refractivity (Wildman–Crippen MR) is 131 cm³/mol. The third-order valence-electron chi connectivity index (χ3n) is 5.50. The average Bonchev–Trinajstić information content (AvgIpc) is 3.31. The number of anilines is 2. The molecular formula is C23H24ClN3O3S2.